The molecule has 0 atom stereocenters. The molecule has 0 aliphatic heterocycles. The third-order valence-corrected chi connectivity index (χ3v) is 2.39. The molecule has 1 rings (SSSR count). The maximum atomic E-state index is 11.3. The van der Waals surface area contributed by atoms with Crippen molar-refractivity contribution in [2.75, 3.05) is 5.32 Å². The number of nitrogens with one attached hydrogen (secondary N) is 1. The van der Waals surface area contributed by atoms with Gasteiger partial charge in [-0.3, -0.25) is 4.79 Å². The number of hydrogen-bond donors (Lipinski definition) is 1. The fourth-order valence-corrected chi connectivity index (χ4v) is 1.38. The van der Waals surface area contributed by atoms with Crippen molar-refractivity contribution in [3.63, 3.8) is 0 Å². The third-order valence-electron chi connectivity index (χ3n) is 2.39. The Bertz CT molecular complexity index is 467. The fraction of sp³-hybridized carbons (Fsp3) is 0.286. The number of hydrogen-bond acceptors (Lipinski definition) is 3. The number of amides is 1. The molecular formula is C14H16NO3-. The second-order valence-electron chi connectivity index (χ2n) is 4.97. The summed E-state index contributed by atoms with van der Waals surface area (Å²) in [6, 6.07) is 7.42. The normalized spacial score (nSPS) is 11.5. The molecule has 1 N–H and O–H groups in total. The molecule has 0 saturated carbocycles. The smallest absolute Gasteiger partial charge is 0.248 e. The van der Waals surface area contributed by atoms with Crippen LogP contribution in [-0.2, 0) is 15.0 Å². The fourth-order valence-electron chi connectivity index (χ4n) is 1.38. The van der Waals surface area contributed by atoms with Gasteiger partial charge in [0.2, 0.25) is 5.91 Å². The van der Waals surface area contributed by atoms with Crippen LogP contribution in [0.15, 0.2) is 36.4 Å². The molecular weight excluding hydrogens is 230 g/mol. The molecule has 0 spiro atoms. The van der Waals surface area contributed by atoms with Gasteiger partial charge in [0.25, 0.3) is 0 Å². The lowest BCUT2D eigenvalue weighted by Crippen LogP contribution is -2.20. The van der Waals surface area contributed by atoms with Crippen molar-refractivity contribution in [2.24, 2.45) is 0 Å². The zero-order valence-corrected chi connectivity index (χ0v) is 10.7. The molecule has 4 heteroatoms. The minimum Gasteiger partial charge on any atom is -0.545 e. The Labute approximate surface area is 106 Å². The molecule has 18 heavy (non-hydrogen) atoms. The van der Waals surface area contributed by atoms with Gasteiger partial charge in [0, 0.05) is 11.8 Å². The molecule has 0 aliphatic carbocycles. The molecule has 96 valence electrons. The summed E-state index contributed by atoms with van der Waals surface area (Å²) in [6.45, 7) is 6.30. The molecule has 1 amide bonds. The summed E-state index contributed by atoms with van der Waals surface area (Å²) in [5.41, 5.74) is 1.83. The van der Waals surface area contributed by atoms with E-state index in [1.54, 1.807) is 12.1 Å². The second-order valence-corrected chi connectivity index (χ2v) is 4.97. The Morgan fingerprint density at radius 1 is 1.11 bits per heavy atom. The van der Waals surface area contributed by atoms with Crippen LogP contribution in [0.1, 0.15) is 26.3 Å². The van der Waals surface area contributed by atoms with Gasteiger partial charge in [-0.15, -0.1) is 0 Å². The van der Waals surface area contributed by atoms with E-state index in [0.29, 0.717) is 11.8 Å². The van der Waals surface area contributed by atoms with Crippen LogP contribution in [0.25, 0.3) is 0 Å². The molecule has 0 radical (unpaired) electrons. The van der Waals surface area contributed by atoms with Crippen molar-refractivity contribution >= 4 is 17.6 Å². The van der Waals surface area contributed by atoms with Crippen molar-refractivity contribution in [3.8, 4) is 0 Å². The third kappa shape index (κ3) is 4.41. The van der Waals surface area contributed by atoms with Crippen LogP contribution in [-0.4, -0.2) is 11.9 Å². The van der Waals surface area contributed by atoms with E-state index in [0.717, 1.165) is 11.6 Å². The number of aliphatic carboxylic acids is 1. The molecule has 0 aromatic heterocycles. The molecule has 0 unspecified atom stereocenters. The van der Waals surface area contributed by atoms with Gasteiger partial charge in [-0.25, -0.2) is 0 Å². The number of carboxylic acid groups (broad SMARTS) is 1. The summed E-state index contributed by atoms with van der Waals surface area (Å²) in [6.07, 6.45) is 1.62. The monoisotopic (exact) mass is 246 g/mol. The first-order chi connectivity index (χ1) is 8.29. The van der Waals surface area contributed by atoms with E-state index in [-0.39, 0.29) is 5.41 Å². The van der Waals surface area contributed by atoms with Gasteiger partial charge in [0.15, 0.2) is 0 Å². The molecule has 4 nitrogen and oxygen atoms in total. The van der Waals surface area contributed by atoms with Crippen LogP contribution in [0.2, 0.25) is 0 Å². The highest BCUT2D eigenvalue weighted by Crippen LogP contribution is 2.23. The first-order valence-corrected chi connectivity index (χ1v) is 5.59. The quantitative estimate of drug-likeness (QED) is 0.815. The van der Waals surface area contributed by atoms with Crippen molar-refractivity contribution in [3.05, 3.63) is 42.0 Å². The minimum atomic E-state index is -1.40. The Kier molecular flexibility index (Phi) is 4.26. The lowest BCUT2D eigenvalue weighted by molar-refractivity contribution is -0.297. The van der Waals surface area contributed by atoms with Gasteiger partial charge in [0.1, 0.15) is 0 Å². The van der Waals surface area contributed by atoms with E-state index < -0.39 is 11.9 Å². The summed E-state index contributed by atoms with van der Waals surface area (Å²) in [5, 5.41) is 12.7. The van der Waals surface area contributed by atoms with E-state index >= 15 is 0 Å². The summed E-state index contributed by atoms with van der Waals surface area (Å²) in [7, 11) is 0. The van der Waals surface area contributed by atoms with Gasteiger partial charge in [-0.2, -0.15) is 0 Å². The highest BCUT2D eigenvalue weighted by atomic mass is 16.4. The van der Waals surface area contributed by atoms with Gasteiger partial charge in [0.05, 0.1) is 5.97 Å². The first-order valence-electron chi connectivity index (χ1n) is 5.59. The van der Waals surface area contributed by atoms with Crippen LogP contribution in [0.3, 0.4) is 0 Å². The van der Waals surface area contributed by atoms with Gasteiger partial charge >= 0.3 is 0 Å². The molecule has 0 fully saturated rings. The highest BCUT2D eigenvalue weighted by molar-refractivity contribution is 6.02. The number of benzene rings is 1. The Balaban J connectivity index is 2.70. The Hall–Kier alpha value is -2.10. The SMILES string of the molecule is CC(C)(C)c1ccc(NC(=O)/C=C/C(=O)[O-])cc1. The number of carbonyl (C=O) groups is 2. The summed E-state index contributed by atoms with van der Waals surface area (Å²) < 4.78 is 0. The molecule has 0 heterocycles. The predicted octanol–water partition coefficient (Wildman–Crippen LogP) is 1.23. The lowest BCUT2D eigenvalue weighted by Gasteiger charge is -2.19. The number of carboxylic acids is 1. The minimum absolute atomic E-state index is 0.0530. The molecule has 1 aromatic rings. The van der Waals surface area contributed by atoms with E-state index in [9.17, 15) is 14.7 Å². The van der Waals surface area contributed by atoms with Gasteiger partial charge < -0.3 is 15.2 Å². The van der Waals surface area contributed by atoms with Crippen LogP contribution in [0.4, 0.5) is 5.69 Å². The maximum Gasteiger partial charge on any atom is 0.248 e. The zero-order chi connectivity index (χ0) is 13.8. The predicted molar refractivity (Wildman–Crippen MR) is 67.9 cm³/mol. The molecule has 0 aliphatic rings. The maximum absolute atomic E-state index is 11.3. The average Bonchev–Trinajstić information content (AvgIpc) is 2.26. The highest BCUT2D eigenvalue weighted by Gasteiger charge is 2.12. The molecule has 1 aromatic carbocycles. The number of rotatable bonds is 3. The number of carbonyl (C=O) groups excluding carboxylic acids is 2. The summed E-state index contributed by atoms with van der Waals surface area (Å²) in [4.78, 5) is 21.4. The first kappa shape index (κ1) is 14.0. The van der Waals surface area contributed by atoms with Crippen LogP contribution in [0.5, 0.6) is 0 Å². The van der Waals surface area contributed by atoms with Crippen LogP contribution >= 0.6 is 0 Å². The topological polar surface area (TPSA) is 69.2 Å². The van der Waals surface area contributed by atoms with Crippen LogP contribution in [0, 0.1) is 0 Å². The van der Waals surface area contributed by atoms with E-state index in [1.807, 2.05) is 12.1 Å². The van der Waals surface area contributed by atoms with Gasteiger partial charge in [-0.1, -0.05) is 32.9 Å². The molecule has 0 bridgehead atoms. The largest absolute Gasteiger partial charge is 0.545 e. The lowest BCUT2D eigenvalue weighted by atomic mass is 9.87. The van der Waals surface area contributed by atoms with E-state index in [4.69, 9.17) is 0 Å². The van der Waals surface area contributed by atoms with Crippen molar-refractivity contribution in [1.82, 2.24) is 0 Å². The summed E-state index contributed by atoms with van der Waals surface area (Å²) >= 11 is 0. The van der Waals surface area contributed by atoms with Crippen molar-refractivity contribution in [2.45, 2.75) is 26.2 Å². The van der Waals surface area contributed by atoms with E-state index in [1.165, 1.54) is 0 Å². The zero-order valence-electron chi connectivity index (χ0n) is 10.7. The second kappa shape index (κ2) is 5.49. The Morgan fingerprint density at radius 2 is 1.67 bits per heavy atom. The van der Waals surface area contributed by atoms with Crippen LogP contribution < -0.4 is 10.4 Å². The standard InChI is InChI=1S/C14H17NO3/c1-14(2,3)10-4-6-11(7-5-10)15-12(16)8-9-13(17)18/h4-9H,1-3H3,(H,15,16)(H,17,18)/p-1/b9-8+. The Morgan fingerprint density at radius 3 is 2.11 bits per heavy atom. The number of anilines is 1. The van der Waals surface area contributed by atoms with E-state index in [2.05, 4.69) is 26.1 Å². The van der Waals surface area contributed by atoms with Crippen molar-refractivity contribution in [1.29, 1.82) is 0 Å². The van der Waals surface area contributed by atoms with Gasteiger partial charge in [-0.05, 0) is 29.2 Å². The molecule has 0 saturated heterocycles. The van der Waals surface area contributed by atoms with Crippen molar-refractivity contribution < 1.29 is 14.7 Å². The summed E-state index contributed by atoms with van der Waals surface area (Å²) in [5.74, 6) is -1.89. The average molecular weight is 246 g/mol.